The molecule has 0 bridgehead atoms. The van der Waals surface area contributed by atoms with Crippen molar-refractivity contribution >= 4 is 5.97 Å². The van der Waals surface area contributed by atoms with Gasteiger partial charge in [-0.1, -0.05) is 12.1 Å². The highest BCUT2D eigenvalue weighted by molar-refractivity contribution is 5.78. The third-order valence-electron chi connectivity index (χ3n) is 3.28. The van der Waals surface area contributed by atoms with Gasteiger partial charge in [-0.3, -0.25) is 9.78 Å². The first kappa shape index (κ1) is 14.8. The molecule has 5 nitrogen and oxygen atoms in total. The molecule has 0 saturated heterocycles. The van der Waals surface area contributed by atoms with Crippen LogP contribution in [0.15, 0.2) is 42.7 Å². The van der Waals surface area contributed by atoms with Crippen molar-refractivity contribution in [3.05, 3.63) is 53.9 Å². The van der Waals surface area contributed by atoms with Crippen molar-refractivity contribution in [1.82, 2.24) is 4.98 Å². The number of carboxylic acid groups (broad SMARTS) is 1. The van der Waals surface area contributed by atoms with E-state index in [1.807, 2.05) is 6.07 Å². The molecule has 1 aromatic carbocycles. The number of hydrogen-bond donors (Lipinski definition) is 1. The molecule has 0 fully saturated rings. The van der Waals surface area contributed by atoms with Gasteiger partial charge in [0.05, 0.1) is 20.1 Å². The fraction of sp³-hybridized carbons (Fsp3) is 0.250. The summed E-state index contributed by atoms with van der Waals surface area (Å²) in [5.74, 6) is -0.468. The zero-order valence-corrected chi connectivity index (χ0v) is 11.9. The average Bonchev–Trinajstić information content (AvgIpc) is 2.52. The van der Waals surface area contributed by atoms with Crippen molar-refractivity contribution in [1.29, 1.82) is 0 Å². The van der Waals surface area contributed by atoms with E-state index in [4.69, 9.17) is 9.47 Å². The normalized spacial score (nSPS) is 11.7. The van der Waals surface area contributed by atoms with Crippen LogP contribution in [-0.4, -0.2) is 30.3 Å². The van der Waals surface area contributed by atoms with E-state index in [-0.39, 0.29) is 0 Å². The second kappa shape index (κ2) is 6.74. The van der Waals surface area contributed by atoms with E-state index in [9.17, 15) is 9.90 Å². The Bertz CT molecular complexity index is 613. The molecule has 1 heterocycles. The standard InChI is InChI=1S/C16H17NO4/c1-20-12-5-6-13(15(9-12)21-2)14(16(18)19)8-11-4-3-7-17-10-11/h3-7,9-10,14H,8H2,1-2H3,(H,18,19). The Morgan fingerprint density at radius 3 is 2.67 bits per heavy atom. The fourth-order valence-electron chi connectivity index (χ4n) is 2.19. The molecule has 0 aliphatic rings. The molecule has 0 aliphatic heterocycles. The number of carbonyl (C=O) groups is 1. The topological polar surface area (TPSA) is 68.7 Å². The number of pyridine rings is 1. The molecule has 1 N–H and O–H groups in total. The van der Waals surface area contributed by atoms with Crippen LogP contribution in [0, 0.1) is 0 Å². The molecule has 0 amide bonds. The molecule has 0 saturated carbocycles. The highest BCUT2D eigenvalue weighted by Crippen LogP contribution is 2.32. The number of ether oxygens (including phenoxy) is 2. The summed E-state index contributed by atoms with van der Waals surface area (Å²) in [5.41, 5.74) is 1.48. The highest BCUT2D eigenvalue weighted by atomic mass is 16.5. The van der Waals surface area contributed by atoms with Crippen molar-refractivity contribution in [2.24, 2.45) is 0 Å². The molecular weight excluding hydrogens is 270 g/mol. The van der Waals surface area contributed by atoms with Gasteiger partial charge in [-0.05, 0) is 24.1 Å². The number of aliphatic carboxylic acids is 1. The number of benzene rings is 1. The number of nitrogens with zero attached hydrogens (tertiary/aromatic N) is 1. The number of methoxy groups -OCH3 is 2. The van der Waals surface area contributed by atoms with Crippen LogP contribution in [0.2, 0.25) is 0 Å². The van der Waals surface area contributed by atoms with Crippen molar-refractivity contribution in [2.45, 2.75) is 12.3 Å². The van der Waals surface area contributed by atoms with Crippen LogP contribution in [0.3, 0.4) is 0 Å². The molecule has 0 aliphatic carbocycles. The number of hydrogen-bond acceptors (Lipinski definition) is 4. The van der Waals surface area contributed by atoms with Gasteiger partial charge in [0.1, 0.15) is 11.5 Å². The van der Waals surface area contributed by atoms with Crippen LogP contribution in [0.1, 0.15) is 17.0 Å². The summed E-state index contributed by atoms with van der Waals surface area (Å²) < 4.78 is 10.4. The van der Waals surface area contributed by atoms with E-state index >= 15 is 0 Å². The summed E-state index contributed by atoms with van der Waals surface area (Å²) in [6.07, 6.45) is 3.69. The molecule has 2 rings (SSSR count). The van der Waals surface area contributed by atoms with Gasteiger partial charge in [0.15, 0.2) is 0 Å². The van der Waals surface area contributed by atoms with Crippen LogP contribution >= 0.6 is 0 Å². The van der Waals surface area contributed by atoms with Gasteiger partial charge in [-0.2, -0.15) is 0 Å². The van der Waals surface area contributed by atoms with Gasteiger partial charge in [-0.15, -0.1) is 0 Å². The van der Waals surface area contributed by atoms with Crippen LogP contribution < -0.4 is 9.47 Å². The lowest BCUT2D eigenvalue weighted by atomic mass is 9.92. The van der Waals surface area contributed by atoms with E-state index in [1.165, 1.54) is 7.11 Å². The summed E-state index contributed by atoms with van der Waals surface area (Å²) in [6.45, 7) is 0. The molecule has 21 heavy (non-hydrogen) atoms. The average molecular weight is 287 g/mol. The maximum absolute atomic E-state index is 11.6. The van der Waals surface area contributed by atoms with Crippen LogP contribution in [0.25, 0.3) is 0 Å². The Balaban J connectivity index is 2.36. The summed E-state index contributed by atoms with van der Waals surface area (Å²) in [7, 11) is 3.07. The fourth-order valence-corrected chi connectivity index (χ4v) is 2.19. The first-order valence-electron chi connectivity index (χ1n) is 6.49. The lowest BCUT2D eigenvalue weighted by Gasteiger charge is -2.17. The van der Waals surface area contributed by atoms with E-state index < -0.39 is 11.9 Å². The summed E-state index contributed by atoms with van der Waals surface area (Å²) >= 11 is 0. The molecule has 5 heteroatoms. The highest BCUT2D eigenvalue weighted by Gasteiger charge is 2.24. The smallest absolute Gasteiger partial charge is 0.311 e. The quantitative estimate of drug-likeness (QED) is 0.884. The van der Waals surface area contributed by atoms with Crippen LogP contribution in [0.4, 0.5) is 0 Å². The molecule has 1 aromatic heterocycles. The molecule has 1 atom stereocenters. The lowest BCUT2D eigenvalue weighted by Crippen LogP contribution is -2.15. The van der Waals surface area contributed by atoms with Gasteiger partial charge in [-0.25, -0.2) is 0 Å². The summed E-state index contributed by atoms with van der Waals surface area (Å²) in [5, 5.41) is 9.53. The van der Waals surface area contributed by atoms with Crippen molar-refractivity contribution in [3.8, 4) is 11.5 Å². The van der Waals surface area contributed by atoms with Crippen molar-refractivity contribution in [2.75, 3.05) is 14.2 Å². The van der Waals surface area contributed by atoms with Gasteiger partial charge < -0.3 is 14.6 Å². The molecular formula is C16H17NO4. The maximum Gasteiger partial charge on any atom is 0.311 e. The maximum atomic E-state index is 11.6. The van der Waals surface area contributed by atoms with Gasteiger partial charge in [0.2, 0.25) is 0 Å². The lowest BCUT2D eigenvalue weighted by molar-refractivity contribution is -0.138. The van der Waals surface area contributed by atoms with Gasteiger partial charge >= 0.3 is 5.97 Å². The first-order chi connectivity index (χ1) is 10.2. The van der Waals surface area contributed by atoms with Crippen molar-refractivity contribution in [3.63, 3.8) is 0 Å². The van der Waals surface area contributed by atoms with Crippen LogP contribution in [-0.2, 0) is 11.2 Å². The van der Waals surface area contributed by atoms with Crippen LogP contribution in [0.5, 0.6) is 11.5 Å². The van der Waals surface area contributed by atoms with E-state index in [2.05, 4.69) is 4.98 Å². The SMILES string of the molecule is COc1ccc(C(Cc2cccnc2)C(=O)O)c(OC)c1. The second-order valence-electron chi connectivity index (χ2n) is 4.56. The predicted octanol–water partition coefficient (Wildman–Crippen LogP) is 2.51. The molecule has 2 aromatic rings. The Labute approximate surface area is 123 Å². The zero-order valence-electron chi connectivity index (χ0n) is 11.9. The Morgan fingerprint density at radius 2 is 2.10 bits per heavy atom. The number of rotatable bonds is 6. The monoisotopic (exact) mass is 287 g/mol. The number of aromatic nitrogens is 1. The minimum absolute atomic E-state index is 0.353. The third-order valence-corrected chi connectivity index (χ3v) is 3.28. The van der Waals surface area contributed by atoms with Gasteiger partial charge in [0.25, 0.3) is 0 Å². The Morgan fingerprint density at radius 1 is 1.29 bits per heavy atom. The number of carboxylic acids is 1. The van der Waals surface area contributed by atoms with Crippen molar-refractivity contribution < 1.29 is 19.4 Å². The molecule has 110 valence electrons. The third kappa shape index (κ3) is 3.51. The van der Waals surface area contributed by atoms with E-state index in [1.54, 1.807) is 43.8 Å². The van der Waals surface area contributed by atoms with E-state index in [0.717, 1.165) is 5.56 Å². The Kier molecular flexibility index (Phi) is 4.77. The summed E-state index contributed by atoms with van der Waals surface area (Å²) in [4.78, 5) is 15.6. The largest absolute Gasteiger partial charge is 0.497 e. The van der Waals surface area contributed by atoms with Gasteiger partial charge in [0, 0.05) is 24.0 Å². The first-order valence-corrected chi connectivity index (χ1v) is 6.49. The minimum atomic E-state index is -0.901. The molecule has 0 spiro atoms. The summed E-state index contributed by atoms with van der Waals surface area (Å²) in [6, 6.07) is 8.80. The second-order valence-corrected chi connectivity index (χ2v) is 4.56. The zero-order chi connectivity index (χ0) is 15.2. The molecule has 1 unspecified atom stereocenters. The van der Waals surface area contributed by atoms with E-state index in [0.29, 0.717) is 23.5 Å². The molecule has 0 radical (unpaired) electrons. The predicted molar refractivity (Wildman–Crippen MR) is 77.9 cm³/mol. The minimum Gasteiger partial charge on any atom is -0.497 e. The Hall–Kier alpha value is -2.56.